The zero-order chi connectivity index (χ0) is 23.5. The van der Waals surface area contributed by atoms with Crippen LogP contribution in [0.5, 0.6) is 0 Å². The minimum absolute atomic E-state index is 0.165. The second-order valence-electron chi connectivity index (χ2n) is 7.97. The normalized spacial score (nSPS) is 13.5. The number of carbonyl (C=O) groups excluding carboxylic acids is 3. The SMILES string of the molecule is CCc1ccc(N2C(=O)C(Nc3ccc(NC(C)=O)cc3)=C(c3ccc(C)cc3)C2=O)cc1. The van der Waals surface area contributed by atoms with Gasteiger partial charge in [-0.25, -0.2) is 4.90 Å². The van der Waals surface area contributed by atoms with Crippen molar-refractivity contribution in [3.63, 3.8) is 0 Å². The first-order valence-electron chi connectivity index (χ1n) is 10.8. The summed E-state index contributed by atoms with van der Waals surface area (Å²) >= 11 is 0. The van der Waals surface area contributed by atoms with Crippen molar-refractivity contribution in [1.82, 2.24) is 0 Å². The third-order valence-electron chi connectivity index (χ3n) is 5.50. The van der Waals surface area contributed by atoms with Crippen LogP contribution in [0.2, 0.25) is 0 Å². The van der Waals surface area contributed by atoms with Crippen molar-refractivity contribution < 1.29 is 14.4 Å². The summed E-state index contributed by atoms with van der Waals surface area (Å²) in [5.74, 6) is -0.947. The first kappa shape index (κ1) is 22.0. The molecule has 0 saturated carbocycles. The number of rotatable bonds is 6. The Bertz CT molecular complexity index is 1240. The zero-order valence-corrected chi connectivity index (χ0v) is 18.8. The summed E-state index contributed by atoms with van der Waals surface area (Å²) in [7, 11) is 0. The Morgan fingerprint density at radius 1 is 0.818 bits per heavy atom. The highest BCUT2D eigenvalue weighted by molar-refractivity contribution is 6.46. The number of nitrogens with one attached hydrogen (secondary N) is 2. The molecule has 0 radical (unpaired) electrons. The molecule has 3 aromatic rings. The van der Waals surface area contributed by atoms with Crippen LogP contribution in [0, 0.1) is 6.92 Å². The maximum Gasteiger partial charge on any atom is 0.282 e. The van der Waals surface area contributed by atoms with Crippen molar-refractivity contribution in [2.75, 3.05) is 15.5 Å². The average molecular weight is 440 g/mol. The highest BCUT2D eigenvalue weighted by atomic mass is 16.2. The predicted octanol–water partition coefficient (Wildman–Crippen LogP) is 4.91. The Morgan fingerprint density at radius 2 is 1.42 bits per heavy atom. The molecule has 0 bridgehead atoms. The summed E-state index contributed by atoms with van der Waals surface area (Å²) in [4.78, 5) is 39.4. The Balaban J connectivity index is 1.73. The minimum Gasteiger partial charge on any atom is -0.350 e. The van der Waals surface area contributed by atoms with Crippen molar-refractivity contribution in [3.8, 4) is 0 Å². The van der Waals surface area contributed by atoms with E-state index in [0.29, 0.717) is 28.2 Å². The summed E-state index contributed by atoms with van der Waals surface area (Å²) in [6.45, 7) is 5.46. The van der Waals surface area contributed by atoms with Crippen LogP contribution in [0.15, 0.2) is 78.5 Å². The topological polar surface area (TPSA) is 78.5 Å². The van der Waals surface area contributed by atoms with Crippen LogP contribution in [-0.4, -0.2) is 17.7 Å². The largest absolute Gasteiger partial charge is 0.350 e. The molecule has 6 heteroatoms. The molecule has 0 spiro atoms. The van der Waals surface area contributed by atoms with Gasteiger partial charge in [-0.05, 0) is 60.9 Å². The molecule has 0 saturated heterocycles. The first-order chi connectivity index (χ1) is 15.9. The van der Waals surface area contributed by atoms with E-state index in [1.165, 1.54) is 11.8 Å². The van der Waals surface area contributed by atoms with Gasteiger partial charge in [0.1, 0.15) is 5.70 Å². The molecule has 1 heterocycles. The third-order valence-corrected chi connectivity index (χ3v) is 5.50. The van der Waals surface area contributed by atoms with E-state index in [1.807, 2.05) is 43.3 Å². The summed E-state index contributed by atoms with van der Waals surface area (Å²) in [5.41, 5.74) is 5.21. The van der Waals surface area contributed by atoms with Gasteiger partial charge in [0.2, 0.25) is 5.91 Å². The van der Waals surface area contributed by atoms with Gasteiger partial charge in [0.05, 0.1) is 11.3 Å². The molecule has 6 nitrogen and oxygen atoms in total. The molecule has 1 aliphatic rings. The molecule has 0 fully saturated rings. The van der Waals surface area contributed by atoms with E-state index < -0.39 is 5.91 Å². The van der Waals surface area contributed by atoms with Crippen LogP contribution in [0.4, 0.5) is 17.1 Å². The Labute approximate surface area is 192 Å². The van der Waals surface area contributed by atoms with E-state index in [4.69, 9.17) is 0 Å². The minimum atomic E-state index is -0.411. The van der Waals surface area contributed by atoms with Gasteiger partial charge in [-0.15, -0.1) is 0 Å². The fourth-order valence-electron chi connectivity index (χ4n) is 3.73. The van der Waals surface area contributed by atoms with Crippen LogP contribution in [0.25, 0.3) is 5.57 Å². The van der Waals surface area contributed by atoms with Crippen molar-refractivity contribution in [2.45, 2.75) is 27.2 Å². The van der Waals surface area contributed by atoms with Crippen LogP contribution < -0.4 is 15.5 Å². The van der Waals surface area contributed by atoms with Gasteiger partial charge in [0, 0.05) is 18.3 Å². The Hall–Kier alpha value is -4.19. The number of imide groups is 1. The van der Waals surface area contributed by atoms with Crippen LogP contribution in [0.1, 0.15) is 30.5 Å². The lowest BCUT2D eigenvalue weighted by molar-refractivity contribution is -0.120. The Morgan fingerprint density at radius 3 is 2.00 bits per heavy atom. The number of nitrogens with zero attached hydrogens (tertiary/aromatic N) is 1. The molecule has 0 aliphatic carbocycles. The Kier molecular flexibility index (Phi) is 6.09. The van der Waals surface area contributed by atoms with Gasteiger partial charge in [0.25, 0.3) is 11.8 Å². The van der Waals surface area contributed by atoms with E-state index >= 15 is 0 Å². The molecule has 166 valence electrons. The van der Waals surface area contributed by atoms with Gasteiger partial charge in [-0.3, -0.25) is 14.4 Å². The number of anilines is 3. The quantitative estimate of drug-likeness (QED) is 0.535. The second kappa shape index (κ2) is 9.12. The van der Waals surface area contributed by atoms with Crippen molar-refractivity contribution in [2.24, 2.45) is 0 Å². The van der Waals surface area contributed by atoms with Gasteiger partial charge in [-0.2, -0.15) is 0 Å². The van der Waals surface area contributed by atoms with Gasteiger partial charge < -0.3 is 10.6 Å². The summed E-state index contributed by atoms with van der Waals surface area (Å²) in [6, 6.07) is 21.9. The molecule has 3 amide bonds. The lowest BCUT2D eigenvalue weighted by Gasteiger charge is -2.16. The number of hydrogen-bond acceptors (Lipinski definition) is 4. The van der Waals surface area contributed by atoms with Crippen molar-refractivity contribution >= 4 is 40.4 Å². The molecule has 4 rings (SSSR count). The van der Waals surface area contributed by atoms with E-state index in [1.54, 1.807) is 36.4 Å². The molecule has 2 N–H and O–H groups in total. The van der Waals surface area contributed by atoms with Crippen molar-refractivity contribution in [3.05, 3.63) is 95.2 Å². The number of carbonyl (C=O) groups is 3. The molecule has 33 heavy (non-hydrogen) atoms. The second-order valence-corrected chi connectivity index (χ2v) is 7.97. The fourth-order valence-corrected chi connectivity index (χ4v) is 3.73. The summed E-state index contributed by atoms with van der Waals surface area (Å²) in [5, 5.41) is 5.85. The third kappa shape index (κ3) is 4.55. The maximum absolute atomic E-state index is 13.5. The monoisotopic (exact) mass is 439 g/mol. The predicted molar refractivity (Wildman–Crippen MR) is 131 cm³/mol. The average Bonchev–Trinajstić information content (AvgIpc) is 3.05. The number of aryl methyl sites for hydroxylation is 2. The number of amides is 3. The molecule has 0 unspecified atom stereocenters. The zero-order valence-electron chi connectivity index (χ0n) is 18.8. The molecule has 0 aromatic heterocycles. The number of hydrogen-bond donors (Lipinski definition) is 2. The lowest BCUT2D eigenvalue weighted by atomic mass is 10.0. The standard InChI is InChI=1S/C27H25N3O3/c1-4-19-7-15-23(16-8-19)30-26(32)24(20-9-5-17(2)6-10-20)25(27(30)33)29-22-13-11-21(12-14-22)28-18(3)31/h5-16,29H,4H2,1-3H3,(H,28,31). The lowest BCUT2D eigenvalue weighted by Crippen LogP contribution is -2.32. The molecular weight excluding hydrogens is 414 g/mol. The van der Waals surface area contributed by atoms with E-state index in [0.717, 1.165) is 17.5 Å². The summed E-state index contributed by atoms with van der Waals surface area (Å²) in [6.07, 6.45) is 0.871. The first-order valence-corrected chi connectivity index (χ1v) is 10.8. The molecule has 1 aliphatic heterocycles. The summed E-state index contributed by atoms with van der Waals surface area (Å²) < 4.78 is 0. The highest BCUT2D eigenvalue weighted by Crippen LogP contribution is 2.34. The number of benzene rings is 3. The van der Waals surface area contributed by atoms with Crippen LogP contribution in [-0.2, 0) is 20.8 Å². The van der Waals surface area contributed by atoms with E-state index in [9.17, 15) is 14.4 Å². The molecule has 3 aromatic carbocycles. The molecule has 0 atom stereocenters. The fraction of sp³-hybridized carbons (Fsp3) is 0.148. The maximum atomic E-state index is 13.5. The van der Waals surface area contributed by atoms with E-state index in [2.05, 4.69) is 17.6 Å². The van der Waals surface area contributed by atoms with Gasteiger partial charge >= 0.3 is 0 Å². The van der Waals surface area contributed by atoms with Crippen molar-refractivity contribution in [1.29, 1.82) is 0 Å². The smallest absolute Gasteiger partial charge is 0.282 e. The van der Waals surface area contributed by atoms with Crippen LogP contribution in [0.3, 0.4) is 0 Å². The highest BCUT2D eigenvalue weighted by Gasteiger charge is 2.40. The van der Waals surface area contributed by atoms with Gasteiger partial charge in [-0.1, -0.05) is 48.9 Å². The van der Waals surface area contributed by atoms with Crippen LogP contribution >= 0.6 is 0 Å². The van der Waals surface area contributed by atoms with Gasteiger partial charge in [0.15, 0.2) is 0 Å². The molecular formula is C27H25N3O3. The van der Waals surface area contributed by atoms with E-state index in [-0.39, 0.29) is 17.5 Å².